The fraction of sp³-hybridized carbons (Fsp3) is 0.200. The van der Waals surface area contributed by atoms with E-state index in [2.05, 4.69) is 10.3 Å². The average Bonchev–Trinajstić information content (AvgIpc) is 2.54. The fourth-order valence-corrected chi connectivity index (χ4v) is 1.88. The van der Waals surface area contributed by atoms with Crippen LogP contribution in [-0.4, -0.2) is 27.5 Å². The van der Waals surface area contributed by atoms with E-state index in [4.69, 9.17) is 0 Å². The third-order valence-corrected chi connectivity index (χ3v) is 3.07. The summed E-state index contributed by atoms with van der Waals surface area (Å²) in [6.45, 7) is 0.0809. The molecule has 1 unspecified atom stereocenters. The number of non-ortho nitro benzene ring substituents is 1. The highest BCUT2D eigenvalue weighted by atomic mass is 16.6. The Kier molecular flexibility index (Phi) is 5.16. The van der Waals surface area contributed by atoms with Crippen LogP contribution in [0.25, 0.3) is 0 Å². The second-order valence-corrected chi connectivity index (χ2v) is 4.71. The Morgan fingerprint density at radius 1 is 1.32 bits per heavy atom. The number of benzene rings is 1. The minimum Gasteiger partial charge on any atom is -0.387 e. The van der Waals surface area contributed by atoms with Gasteiger partial charge < -0.3 is 10.4 Å². The summed E-state index contributed by atoms with van der Waals surface area (Å²) in [5.74, 6) is -0.267. The molecule has 0 aliphatic rings. The number of nitrogens with zero attached hydrogens (tertiary/aromatic N) is 2. The van der Waals surface area contributed by atoms with Gasteiger partial charge in [0.25, 0.3) is 5.69 Å². The van der Waals surface area contributed by atoms with Crippen LogP contribution in [-0.2, 0) is 11.2 Å². The van der Waals surface area contributed by atoms with Gasteiger partial charge in [-0.25, -0.2) is 0 Å². The van der Waals surface area contributed by atoms with Crippen LogP contribution in [0.2, 0.25) is 0 Å². The number of hydrogen-bond acceptors (Lipinski definition) is 5. The van der Waals surface area contributed by atoms with Crippen molar-refractivity contribution in [1.29, 1.82) is 0 Å². The normalized spacial score (nSPS) is 11.7. The van der Waals surface area contributed by atoms with Crippen molar-refractivity contribution in [2.75, 3.05) is 6.54 Å². The van der Waals surface area contributed by atoms with Gasteiger partial charge in [0.05, 0.1) is 17.4 Å². The van der Waals surface area contributed by atoms with E-state index < -0.39 is 11.0 Å². The molecular weight excluding hydrogens is 286 g/mol. The van der Waals surface area contributed by atoms with Gasteiger partial charge in [0.15, 0.2) is 0 Å². The third kappa shape index (κ3) is 4.35. The highest BCUT2D eigenvalue weighted by Gasteiger charge is 2.11. The number of aliphatic hydroxyl groups excluding tert-OH is 1. The maximum Gasteiger partial charge on any atom is 0.269 e. The summed E-state index contributed by atoms with van der Waals surface area (Å²) in [7, 11) is 0. The van der Waals surface area contributed by atoms with Gasteiger partial charge in [-0.15, -0.1) is 0 Å². The topological polar surface area (TPSA) is 105 Å². The van der Waals surface area contributed by atoms with E-state index in [1.54, 1.807) is 18.3 Å². The average molecular weight is 301 g/mol. The molecule has 22 heavy (non-hydrogen) atoms. The Balaban J connectivity index is 1.84. The van der Waals surface area contributed by atoms with E-state index in [0.717, 1.165) is 0 Å². The molecule has 0 aliphatic carbocycles. The summed E-state index contributed by atoms with van der Waals surface area (Å²) in [4.78, 5) is 25.7. The maximum atomic E-state index is 11.8. The zero-order valence-corrected chi connectivity index (χ0v) is 11.7. The first-order valence-corrected chi connectivity index (χ1v) is 6.64. The van der Waals surface area contributed by atoms with Crippen molar-refractivity contribution in [3.63, 3.8) is 0 Å². The monoisotopic (exact) mass is 301 g/mol. The van der Waals surface area contributed by atoms with Crippen LogP contribution < -0.4 is 5.32 Å². The summed E-state index contributed by atoms with van der Waals surface area (Å²) in [6.07, 6.45) is 2.41. The quantitative estimate of drug-likeness (QED) is 0.619. The number of rotatable bonds is 6. The van der Waals surface area contributed by atoms with Crippen LogP contribution in [0, 0.1) is 10.1 Å². The molecule has 1 aromatic carbocycles. The van der Waals surface area contributed by atoms with E-state index in [1.165, 1.54) is 30.5 Å². The lowest BCUT2D eigenvalue weighted by Gasteiger charge is -2.11. The Labute approximate surface area is 126 Å². The SMILES string of the molecule is O=C(Cc1ccc([N+](=O)[O-])cc1)NCC(O)c1cccnc1. The lowest BCUT2D eigenvalue weighted by atomic mass is 10.1. The zero-order chi connectivity index (χ0) is 15.9. The number of nitro benzene ring substituents is 1. The van der Waals surface area contributed by atoms with Gasteiger partial charge in [0.1, 0.15) is 0 Å². The van der Waals surface area contributed by atoms with Crippen molar-refractivity contribution in [2.24, 2.45) is 0 Å². The Bertz CT molecular complexity index is 644. The number of aliphatic hydroxyl groups is 1. The lowest BCUT2D eigenvalue weighted by Crippen LogP contribution is -2.29. The van der Waals surface area contributed by atoms with E-state index in [0.29, 0.717) is 11.1 Å². The molecule has 0 radical (unpaired) electrons. The Morgan fingerprint density at radius 3 is 2.64 bits per heavy atom. The Morgan fingerprint density at radius 2 is 2.05 bits per heavy atom. The number of carbonyl (C=O) groups excluding carboxylic acids is 1. The summed E-state index contributed by atoms with van der Waals surface area (Å²) < 4.78 is 0. The van der Waals surface area contributed by atoms with Crippen molar-refractivity contribution in [3.8, 4) is 0 Å². The van der Waals surface area contributed by atoms with Gasteiger partial charge in [0, 0.05) is 36.6 Å². The van der Waals surface area contributed by atoms with Crippen molar-refractivity contribution < 1.29 is 14.8 Å². The summed E-state index contributed by atoms with van der Waals surface area (Å²) in [6, 6.07) is 9.21. The van der Waals surface area contributed by atoms with Crippen LogP contribution in [0.1, 0.15) is 17.2 Å². The largest absolute Gasteiger partial charge is 0.387 e. The molecule has 2 aromatic rings. The van der Waals surface area contributed by atoms with Crippen LogP contribution in [0.15, 0.2) is 48.8 Å². The van der Waals surface area contributed by atoms with E-state index in [9.17, 15) is 20.0 Å². The molecule has 0 saturated carbocycles. The van der Waals surface area contributed by atoms with Gasteiger partial charge in [-0.1, -0.05) is 18.2 Å². The van der Waals surface area contributed by atoms with Gasteiger partial charge >= 0.3 is 0 Å². The summed E-state index contributed by atoms with van der Waals surface area (Å²) >= 11 is 0. The first kappa shape index (κ1) is 15.6. The summed E-state index contributed by atoms with van der Waals surface area (Å²) in [5.41, 5.74) is 1.27. The molecule has 0 fully saturated rings. The summed E-state index contributed by atoms with van der Waals surface area (Å²) in [5, 5.41) is 23.1. The number of aromatic nitrogens is 1. The molecule has 114 valence electrons. The first-order valence-electron chi connectivity index (χ1n) is 6.64. The first-order chi connectivity index (χ1) is 10.6. The van der Waals surface area contributed by atoms with Gasteiger partial charge in [0.2, 0.25) is 5.91 Å². The van der Waals surface area contributed by atoms with Crippen molar-refractivity contribution in [2.45, 2.75) is 12.5 Å². The number of hydrogen-bond donors (Lipinski definition) is 2. The molecule has 0 aliphatic heterocycles. The highest BCUT2D eigenvalue weighted by molar-refractivity contribution is 5.78. The predicted molar refractivity (Wildman–Crippen MR) is 79.0 cm³/mol. The lowest BCUT2D eigenvalue weighted by molar-refractivity contribution is -0.384. The molecule has 1 aromatic heterocycles. The molecule has 7 heteroatoms. The number of nitro groups is 1. The van der Waals surface area contributed by atoms with Crippen LogP contribution >= 0.6 is 0 Å². The van der Waals surface area contributed by atoms with Crippen LogP contribution in [0.5, 0.6) is 0 Å². The molecular formula is C15H15N3O4. The molecule has 2 rings (SSSR count). The third-order valence-electron chi connectivity index (χ3n) is 3.07. The molecule has 7 nitrogen and oxygen atoms in total. The molecule has 1 atom stereocenters. The van der Waals surface area contributed by atoms with Crippen LogP contribution in [0.4, 0.5) is 5.69 Å². The van der Waals surface area contributed by atoms with Gasteiger partial charge in [-0.2, -0.15) is 0 Å². The van der Waals surface area contributed by atoms with Crippen molar-refractivity contribution in [1.82, 2.24) is 10.3 Å². The standard InChI is InChI=1S/C15H15N3O4/c19-14(12-2-1-7-16-9-12)10-17-15(20)8-11-3-5-13(6-4-11)18(21)22/h1-7,9,14,19H,8,10H2,(H,17,20). The maximum absolute atomic E-state index is 11.8. The fourth-order valence-electron chi connectivity index (χ4n) is 1.88. The molecule has 1 amide bonds. The zero-order valence-electron chi connectivity index (χ0n) is 11.7. The number of pyridine rings is 1. The minimum absolute atomic E-state index is 0.0174. The molecule has 2 N–H and O–H groups in total. The second kappa shape index (κ2) is 7.28. The van der Waals surface area contributed by atoms with Gasteiger partial charge in [-0.05, 0) is 11.6 Å². The van der Waals surface area contributed by atoms with Crippen LogP contribution in [0.3, 0.4) is 0 Å². The molecule has 0 bridgehead atoms. The minimum atomic E-state index is -0.825. The smallest absolute Gasteiger partial charge is 0.269 e. The predicted octanol–water partition coefficient (Wildman–Crippen LogP) is 1.38. The molecule has 1 heterocycles. The number of nitrogens with one attached hydrogen (secondary N) is 1. The van der Waals surface area contributed by atoms with Crippen molar-refractivity contribution in [3.05, 3.63) is 70.0 Å². The number of amides is 1. The van der Waals surface area contributed by atoms with Crippen molar-refractivity contribution >= 4 is 11.6 Å². The van der Waals surface area contributed by atoms with E-state index in [1.807, 2.05) is 0 Å². The molecule has 0 spiro atoms. The van der Waals surface area contributed by atoms with Gasteiger partial charge in [-0.3, -0.25) is 19.9 Å². The number of carbonyl (C=O) groups is 1. The van der Waals surface area contributed by atoms with E-state index >= 15 is 0 Å². The molecule has 0 saturated heterocycles. The Hall–Kier alpha value is -2.80. The highest BCUT2D eigenvalue weighted by Crippen LogP contribution is 2.12. The second-order valence-electron chi connectivity index (χ2n) is 4.71. The van der Waals surface area contributed by atoms with E-state index in [-0.39, 0.29) is 24.6 Å².